The molecular formula is C13H13BrN2O3. The summed E-state index contributed by atoms with van der Waals surface area (Å²) in [6, 6.07) is 5.65. The summed E-state index contributed by atoms with van der Waals surface area (Å²) in [6.07, 6.45) is -0.274. The summed E-state index contributed by atoms with van der Waals surface area (Å²) in [6.45, 7) is 3.68. The first-order chi connectivity index (χ1) is 8.90. The zero-order chi connectivity index (χ0) is 14.2. The van der Waals surface area contributed by atoms with E-state index in [0.29, 0.717) is 5.69 Å². The van der Waals surface area contributed by atoms with Crippen LogP contribution in [0.25, 0.3) is 5.69 Å². The van der Waals surface area contributed by atoms with E-state index in [9.17, 15) is 9.59 Å². The van der Waals surface area contributed by atoms with Crippen molar-refractivity contribution in [3.05, 3.63) is 49.8 Å². The van der Waals surface area contributed by atoms with Crippen LogP contribution in [0.1, 0.15) is 16.8 Å². The van der Waals surface area contributed by atoms with E-state index in [1.807, 2.05) is 25.1 Å². The Labute approximate surface area is 118 Å². The van der Waals surface area contributed by atoms with Gasteiger partial charge in [0.2, 0.25) is 0 Å². The minimum atomic E-state index is -1.02. The zero-order valence-corrected chi connectivity index (χ0v) is 12.1. The van der Waals surface area contributed by atoms with Crippen molar-refractivity contribution in [2.24, 2.45) is 0 Å². The number of aromatic amines is 1. The molecule has 1 aromatic carbocycles. The van der Waals surface area contributed by atoms with E-state index in [0.717, 1.165) is 15.7 Å². The minimum Gasteiger partial charge on any atom is -0.481 e. The second kappa shape index (κ2) is 5.05. The molecule has 0 amide bonds. The van der Waals surface area contributed by atoms with Crippen LogP contribution in [0, 0.1) is 13.8 Å². The number of rotatable bonds is 3. The predicted octanol–water partition coefficient (Wildman–Crippen LogP) is 2.17. The lowest BCUT2D eigenvalue weighted by molar-refractivity contribution is -0.136. The normalized spacial score (nSPS) is 10.7. The first-order valence-electron chi connectivity index (χ1n) is 5.69. The van der Waals surface area contributed by atoms with Crippen molar-refractivity contribution >= 4 is 21.9 Å². The highest BCUT2D eigenvalue weighted by molar-refractivity contribution is 9.10. The lowest BCUT2D eigenvalue weighted by atomic mass is 10.2. The van der Waals surface area contributed by atoms with Gasteiger partial charge in [-0.2, -0.15) is 0 Å². The highest BCUT2D eigenvalue weighted by Crippen LogP contribution is 2.20. The van der Waals surface area contributed by atoms with Crippen LogP contribution in [-0.4, -0.2) is 20.9 Å². The van der Waals surface area contributed by atoms with E-state index in [2.05, 4.69) is 21.0 Å². The van der Waals surface area contributed by atoms with Crippen molar-refractivity contribution in [3.8, 4) is 5.69 Å². The molecule has 0 radical (unpaired) electrons. The van der Waals surface area contributed by atoms with E-state index < -0.39 is 5.97 Å². The smallest absolute Gasteiger partial charge is 0.308 e. The number of hydrogen-bond donors (Lipinski definition) is 2. The fourth-order valence-corrected chi connectivity index (χ4v) is 2.18. The second-order valence-corrected chi connectivity index (χ2v) is 5.20. The summed E-state index contributed by atoms with van der Waals surface area (Å²) < 4.78 is 2.59. The lowest BCUT2D eigenvalue weighted by Crippen LogP contribution is -2.11. The largest absolute Gasteiger partial charge is 0.481 e. The molecule has 1 aromatic heterocycles. The third-order valence-corrected chi connectivity index (χ3v) is 3.88. The Morgan fingerprint density at radius 3 is 2.68 bits per heavy atom. The van der Waals surface area contributed by atoms with Gasteiger partial charge in [-0.1, -0.05) is 15.9 Å². The first kappa shape index (κ1) is 13.6. The third kappa shape index (κ3) is 2.63. The third-order valence-electron chi connectivity index (χ3n) is 2.99. The summed E-state index contributed by atoms with van der Waals surface area (Å²) in [5.41, 5.74) is 2.38. The van der Waals surface area contributed by atoms with Gasteiger partial charge in [0.25, 0.3) is 5.56 Å². The number of H-pyrrole nitrogens is 1. The van der Waals surface area contributed by atoms with Crippen LogP contribution in [0.3, 0.4) is 0 Å². The van der Waals surface area contributed by atoms with E-state index in [4.69, 9.17) is 5.11 Å². The van der Waals surface area contributed by atoms with Crippen molar-refractivity contribution < 1.29 is 9.90 Å². The molecule has 0 saturated heterocycles. The number of halogens is 1. The first-order valence-corrected chi connectivity index (χ1v) is 6.48. The minimum absolute atomic E-state index is 0.274. The number of aliphatic carboxylic acids is 1. The number of aryl methyl sites for hydroxylation is 1. The summed E-state index contributed by atoms with van der Waals surface area (Å²) in [4.78, 5) is 22.5. The van der Waals surface area contributed by atoms with Crippen molar-refractivity contribution in [1.29, 1.82) is 0 Å². The van der Waals surface area contributed by atoms with Crippen molar-refractivity contribution in [2.45, 2.75) is 20.3 Å². The Morgan fingerprint density at radius 1 is 1.42 bits per heavy atom. The molecule has 100 valence electrons. The van der Waals surface area contributed by atoms with Crippen LogP contribution in [-0.2, 0) is 11.2 Å². The Hall–Kier alpha value is -1.82. The van der Waals surface area contributed by atoms with Crippen LogP contribution in [0.15, 0.2) is 27.5 Å². The molecule has 0 aliphatic rings. The molecule has 5 nitrogen and oxygen atoms in total. The Kier molecular flexibility index (Phi) is 3.61. The van der Waals surface area contributed by atoms with Gasteiger partial charge in [-0.15, -0.1) is 0 Å². The zero-order valence-electron chi connectivity index (χ0n) is 10.5. The van der Waals surface area contributed by atoms with Gasteiger partial charge in [0.1, 0.15) is 0 Å². The highest BCUT2D eigenvalue weighted by Gasteiger charge is 2.15. The maximum Gasteiger partial charge on any atom is 0.308 e. The van der Waals surface area contributed by atoms with E-state index in [-0.39, 0.29) is 17.5 Å². The van der Waals surface area contributed by atoms with Crippen LogP contribution in [0.4, 0.5) is 0 Å². The van der Waals surface area contributed by atoms with Gasteiger partial charge in [0.05, 0.1) is 17.7 Å². The topological polar surface area (TPSA) is 75.1 Å². The van der Waals surface area contributed by atoms with Gasteiger partial charge >= 0.3 is 5.97 Å². The van der Waals surface area contributed by atoms with Gasteiger partial charge < -0.3 is 5.11 Å². The molecular weight excluding hydrogens is 312 g/mol. The Morgan fingerprint density at radius 2 is 2.11 bits per heavy atom. The van der Waals surface area contributed by atoms with Gasteiger partial charge in [0.15, 0.2) is 0 Å². The summed E-state index contributed by atoms with van der Waals surface area (Å²) in [5, 5.41) is 11.5. The molecule has 19 heavy (non-hydrogen) atoms. The number of hydrogen-bond acceptors (Lipinski definition) is 2. The average Bonchev–Trinajstić information content (AvgIpc) is 2.60. The summed E-state index contributed by atoms with van der Waals surface area (Å²) >= 11 is 3.41. The van der Waals surface area contributed by atoms with E-state index in [1.54, 1.807) is 11.6 Å². The van der Waals surface area contributed by atoms with E-state index >= 15 is 0 Å². The quantitative estimate of drug-likeness (QED) is 0.908. The fourth-order valence-electron chi connectivity index (χ4n) is 1.94. The number of carbonyl (C=O) groups is 1. The number of nitrogens with zero attached hydrogens (tertiary/aromatic N) is 1. The number of aromatic nitrogens is 2. The molecule has 2 rings (SSSR count). The molecule has 0 unspecified atom stereocenters. The average molecular weight is 325 g/mol. The molecule has 6 heteroatoms. The molecule has 0 saturated carbocycles. The van der Waals surface area contributed by atoms with E-state index in [1.165, 1.54) is 0 Å². The number of carboxylic acid groups (broad SMARTS) is 1. The number of nitrogens with one attached hydrogen (secondary N) is 1. The molecule has 0 atom stereocenters. The highest BCUT2D eigenvalue weighted by atomic mass is 79.9. The monoisotopic (exact) mass is 324 g/mol. The van der Waals surface area contributed by atoms with Crippen molar-refractivity contribution in [1.82, 2.24) is 9.78 Å². The summed E-state index contributed by atoms with van der Waals surface area (Å²) in [7, 11) is 0. The van der Waals surface area contributed by atoms with Gasteiger partial charge in [-0.05, 0) is 37.6 Å². The van der Waals surface area contributed by atoms with Gasteiger partial charge in [-0.3, -0.25) is 19.4 Å². The molecule has 0 aliphatic heterocycles. The van der Waals surface area contributed by atoms with Gasteiger partial charge in [-0.25, -0.2) is 0 Å². The molecule has 2 N–H and O–H groups in total. The van der Waals surface area contributed by atoms with Crippen molar-refractivity contribution in [2.75, 3.05) is 0 Å². The maximum atomic E-state index is 11.8. The summed E-state index contributed by atoms with van der Waals surface area (Å²) in [5.74, 6) is -1.02. The molecule has 0 aliphatic carbocycles. The molecule has 0 spiro atoms. The van der Waals surface area contributed by atoms with Gasteiger partial charge in [0, 0.05) is 10.2 Å². The fraction of sp³-hybridized carbons (Fsp3) is 0.231. The lowest BCUT2D eigenvalue weighted by Gasteiger charge is -2.08. The Bertz CT molecular complexity index is 700. The molecule has 0 fully saturated rings. The molecule has 2 aromatic rings. The second-order valence-electron chi connectivity index (χ2n) is 4.34. The van der Waals surface area contributed by atoms with Crippen LogP contribution >= 0.6 is 15.9 Å². The molecule has 1 heterocycles. The molecule has 0 bridgehead atoms. The Balaban J connectivity index is 2.54. The number of benzene rings is 1. The van der Waals surface area contributed by atoms with Crippen LogP contribution in [0.2, 0.25) is 0 Å². The SMILES string of the molecule is Cc1cc(-n2[nH]c(=O)c(CC(=O)O)c2C)ccc1Br. The van der Waals surface area contributed by atoms with Crippen LogP contribution < -0.4 is 5.56 Å². The predicted molar refractivity (Wildman–Crippen MR) is 74.9 cm³/mol. The number of carboxylic acids is 1. The standard InChI is InChI=1S/C13H13BrN2O3/c1-7-5-9(3-4-11(7)14)16-8(2)10(6-12(17)18)13(19)15-16/h3-5H,6H2,1-2H3,(H,15,19)(H,17,18). The maximum absolute atomic E-state index is 11.8. The van der Waals surface area contributed by atoms with Crippen molar-refractivity contribution in [3.63, 3.8) is 0 Å². The van der Waals surface area contributed by atoms with Crippen LogP contribution in [0.5, 0.6) is 0 Å².